The van der Waals surface area contributed by atoms with Gasteiger partial charge in [0.2, 0.25) is 11.8 Å². The number of halogens is 3. The average Bonchev–Trinajstić information content (AvgIpc) is 2.44. The molecule has 0 fully saturated rings. The Morgan fingerprint density at radius 2 is 1.91 bits per heavy atom. The van der Waals surface area contributed by atoms with Crippen LogP contribution in [-0.4, -0.2) is 36.3 Å². The number of carbonyl (C=O) groups is 2. The van der Waals surface area contributed by atoms with Crippen LogP contribution in [0.4, 0.5) is 18.9 Å². The second-order valence-electron chi connectivity index (χ2n) is 4.54. The molecule has 1 aromatic rings. The van der Waals surface area contributed by atoms with Crippen LogP contribution in [0.3, 0.4) is 0 Å². The summed E-state index contributed by atoms with van der Waals surface area (Å²) in [4.78, 5) is 24.8. The number of benzene rings is 1. The summed E-state index contributed by atoms with van der Waals surface area (Å²) in [6, 6.07) is 4.68. The van der Waals surface area contributed by atoms with Gasteiger partial charge in [-0.25, -0.2) is 0 Å². The lowest BCUT2D eigenvalue weighted by atomic mass is 10.1. The zero-order chi connectivity index (χ0) is 16.8. The Morgan fingerprint density at radius 3 is 2.45 bits per heavy atom. The van der Waals surface area contributed by atoms with Crippen LogP contribution in [0.5, 0.6) is 0 Å². The fraction of sp³-hybridized carbons (Fsp3) is 0.429. The average molecular weight is 317 g/mol. The van der Waals surface area contributed by atoms with E-state index in [1.165, 1.54) is 23.1 Å². The molecule has 2 amide bonds. The molecule has 0 bridgehead atoms. The topological polar surface area (TPSA) is 75.4 Å². The second kappa shape index (κ2) is 7.79. The van der Waals surface area contributed by atoms with E-state index in [0.717, 1.165) is 6.07 Å². The van der Waals surface area contributed by atoms with Gasteiger partial charge in [-0.05, 0) is 19.1 Å². The number of para-hydroxylation sites is 1. The monoisotopic (exact) mass is 317 g/mol. The van der Waals surface area contributed by atoms with Crippen molar-refractivity contribution in [2.24, 2.45) is 5.73 Å². The van der Waals surface area contributed by atoms with E-state index in [0.29, 0.717) is 0 Å². The number of carbonyl (C=O) groups excluding carboxylic acids is 2. The molecule has 0 radical (unpaired) electrons. The minimum Gasteiger partial charge on any atom is -0.334 e. The minimum absolute atomic E-state index is 0.0836. The van der Waals surface area contributed by atoms with Gasteiger partial charge in [-0.1, -0.05) is 12.1 Å². The molecule has 0 heterocycles. The van der Waals surface area contributed by atoms with Gasteiger partial charge < -0.3 is 16.0 Å². The van der Waals surface area contributed by atoms with Crippen molar-refractivity contribution < 1.29 is 22.8 Å². The van der Waals surface area contributed by atoms with Crippen molar-refractivity contribution in [3.8, 4) is 0 Å². The van der Waals surface area contributed by atoms with Crippen LogP contribution in [0.2, 0.25) is 0 Å². The maximum Gasteiger partial charge on any atom is 0.418 e. The minimum atomic E-state index is -4.57. The molecule has 1 aromatic carbocycles. The number of likely N-dealkylation sites (N-methyl/N-ethyl adjacent to an activating group) is 1. The SMILES string of the molecule is CCN(CC(=O)Nc1ccccc1C(F)(F)F)C(=O)CCN. The fourth-order valence-corrected chi connectivity index (χ4v) is 1.86. The summed E-state index contributed by atoms with van der Waals surface area (Å²) in [5.74, 6) is -1.01. The van der Waals surface area contributed by atoms with Crippen molar-refractivity contribution in [1.29, 1.82) is 0 Å². The maximum atomic E-state index is 12.8. The molecule has 5 nitrogen and oxygen atoms in total. The Balaban J connectivity index is 2.79. The lowest BCUT2D eigenvalue weighted by Gasteiger charge is -2.21. The van der Waals surface area contributed by atoms with Crippen LogP contribution in [0.25, 0.3) is 0 Å². The summed E-state index contributed by atoms with van der Waals surface area (Å²) in [5, 5.41) is 2.19. The highest BCUT2D eigenvalue weighted by atomic mass is 19.4. The van der Waals surface area contributed by atoms with Crippen molar-refractivity contribution >= 4 is 17.5 Å². The van der Waals surface area contributed by atoms with Gasteiger partial charge in [0.05, 0.1) is 17.8 Å². The van der Waals surface area contributed by atoms with Crippen LogP contribution in [-0.2, 0) is 15.8 Å². The number of nitrogens with zero attached hydrogens (tertiary/aromatic N) is 1. The number of rotatable bonds is 6. The first-order valence-electron chi connectivity index (χ1n) is 6.73. The summed E-state index contributed by atoms with van der Waals surface area (Å²) >= 11 is 0. The molecule has 0 aliphatic heterocycles. The molecule has 0 aromatic heterocycles. The quantitative estimate of drug-likeness (QED) is 0.840. The van der Waals surface area contributed by atoms with E-state index in [2.05, 4.69) is 5.32 Å². The van der Waals surface area contributed by atoms with Crippen LogP contribution in [0.1, 0.15) is 18.9 Å². The van der Waals surface area contributed by atoms with E-state index in [-0.39, 0.29) is 37.6 Å². The number of nitrogens with two attached hydrogens (primary N) is 1. The van der Waals surface area contributed by atoms with Crippen LogP contribution >= 0.6 is 0 Å². The first kappa shape index (κ1) is 18.0. The molecule has 0 saturated carbocycles. The van der Waals surface area contributed by atoms with Gasteiger partial charge in [0.15, 0.2) is 0 Å². The van der Waals surface area contributed by atoms with E-state index >= 15 is 0 Å². The third-order valence-corrected chi connectivity index (χ3v) is 2.93. The summed E-state index contributed by atoms with van der Waals surface area (Å²) in [6.07, 6.45) is -4.48. The number of nitrogens with one attached hydrogen (secondary N) is 1. The molecule has 0 spiro atoms. The van der Waals surface area contributed by atoms with E-state index in [4.69, 9.17) is 5.73 Å². The lowest BCUT2D eigenvalue weighted by molar-refractivity contribution is -0.137. The third-order valence-electron chi connectivity index (χ3n) is 2.93. The smallest absolute Gasteiger partial charge is 0.334 e. The van der Waals surface area contributed by atoms with Gasteiger partial charge in [-0.15, -0.1) is 0 Å². The van der Waals surface area contributed by atoms with Gasteiger partial charge in [0, 0.05) is 19.5 Å². The number of hydrogen-bond donors (Lipinski definition) is 2. The first-order valence-corrected chi connectivity index (χ1v) is 6.73. The second-order valence-corrected chi connectivity index (χ2v) is 4.54. The Morgan fingerprint density at radius 1 is 1.27 bits per heavy atom. The van der Waals surface area contributed by atoms with E-state index in [1.54, 1.807) is 6.92 Å². The highest BCUT2D eigenvalue weighted by Gasteiger charge is 2.33. The van der Waals surface area contributed by atoms with Crippen LogP contribution in [0.15, 0.2) is 24.3 Å². The molecule has 0 atom stereocenters. The van der Waals surface area contributed by atoms with Gasteiger partial charge >= 0.3 is 6.18 Å². The Labute approximate surface area is 126 Å². The Hall–Kier alpha value is -2.09. The summed E-state index contributed by atoms with van der Waals surface area (Å²) in [6.45, 7) is 1.77. The van der Waals surface area contributed by atoms with Gasteiger partial charge in [0.25, 0.3) is 0 Å². The third kappa shape index (κ3) is 5.03. The first-order chi connectivity index (χ1) is 10.3. The van der Waals surface area contributed by atoms with E-state index < -0.39 is 17.6 Å². The number of anilines is 1. The molecule has 0 aliphatic rings. The molecule has 8 heteroatoms. The molecular weight excluding hydrogens is 299 g/mol. The normalized spacial score (nSPS) is 11.1. The van der Waals surface area contributed by atoms with E-state index in [1.807, 2.05) is 0 Å². The zero-order valence-corrected chi connectivity index (χ0v) is 12.1. The summed E-state index contributed by atoms with van der Waals surface area (Å²) < 4.78 is 38.5. The molecule has 0 saturated heterocycles. The predicted molar refractivity (Wildman–Crippen MR) is 76.0 cm³/mol. The Bertz CT molecular complexity index is 532. The van der Waals surface area contributed by atoms with E-state index in [9.17, 15) is 22.8 Å². The largest absolute Gasteiger partial charge is 0.418 e. The van der Waals surface area contributed by atoms with Gasteiger partial charge in [-0.2, -0.15) is 13.2 Å². The highest BCUT2D eigenvalue weighted by Crippen LogP contribution is 2.34. The van der Waals surface area contributed by atoms with Crippen molar-refractivity contribution in [3.63, 3.8) is 0 Å². The Kier molecular flexibility index (Phi) is 6.36. The molecule has 0 aliphatic carbocycles. The van der Waals surface area contributed by atoms with Crippen molar-refractivity contribution in [3.05, 3.63) is 29.8 Å². The molecule has 3 N–H and O–H groups in total. The van der Waals surface area contributed by atoms with Crippen molar-refractivity contribution in [1.82, 2.24) is 4.90 Å². The van der Waals surface area contributed by atoms with Gasteiger partial charge in [-0.3, -0.25) is 9.59 Å². The number of alkyl halides is 3. The standard InChI is InChI=1S/C14H18F3N3O2/c1-2-20(13(22)7-8-18)9-12(21)19-11-6-4-3-5-10(11)14(15,16)17/h3-6H,2,7-9,18H2,1H3,(H,19,21). The van der Waals surface area contributed by atoms with Crippen molar-refractivity contribution in [2.45, 2.75) is 19.5 Å². The fourth-order valence-electron chi connectivity index (χ4n) is 1.86. The van der Waals surface area contributed by atoms with Crippen LogP contribution in [0, 0.1) is 0 Å². The van der Waals surface area contributed by atoms with Crippen molar-refractivity contribution in [2.75, 3.05) is 25.0 Å². The number of amides is 2. The predicted octanol–water partition coefficient (Wildman–Crippen LogP) is 1.84. The number of hydrogen-bond acceptors (Lipinski definition) is 3. The summed E-state index contributed by atoms with van der Waals surface area (Å²) in [5.41, 5.74) is 4.01. The molecule has 0 unspecified atom stereocenters. The van der Waals surface area contributed by atoms with Gasteiger partial charge in [0.1, 0.15) is 0 Å². The van der Waals surface area contributed by atoms with Crippen LogP contribution < -0.4 is 11.1 Å². The maximum absolute atomic E-state index is 12.8. The molecule has 1 rings (SSSR count). The molecular formula is C14H18F3N3O2. The molecule has 22 heavy (non-hydrogen) atoms. The lowest BCUT2D eigenvalue weighted by Crippen LogP contribution is -2.38. The molecule has 122 valence electrons. The zero-order valence-electron chi connectivity index (χ0n) is 12.1. The summed E-state index contributed by atoms with van der Waals surface area (Å²) in [7, 11) is 0. The highest BCUT2D eigenvalue weighted by molar-refractivity contribution is 5.95.